The number of carbonyl (C=O) groups is 2. The monoisotopic (exact) mass is 272 g/mol. The van der Waals surface area contributed by atoms with Gasteiger partial charge in [-0.2, -0.15) is 0 Å². The normalized spacial score (nSPS) is 39.8. The summed E-state index contributed by atoms with van der Waals surface area (Å²) >= 11 is 5.62. The van der Waals surface area contributed by atoms with E-state index in [1.54, 1.807) is 0 Å². The minimum Gasteiger partial charge on any atom is -0.356 e. The van der Waals surface area contributed by atoms with Gasteiger partial charge in [0.1, 0.15) is 0 Å². The van der Waals surface area contributed by atoms with Gasteiger partial charge in [0.15, 0.2) is 5.78 Å². The van der Waals surface area contributed by atoms with Crippen molar-refractivity contribution in [3.8, 4) is 0 Å². The molecule has 0 aromatic heterocycles. The molecule has 0 aromatic carbocycles. The van der Waals surface area contributed by atoms with Crippen molar-refractivity contribution in [1.29, 1.82) is 0 Å². The van der Waals surface area contributed by atoms with E-state index < -0.39 is 0 Å². The topological polar surface area (TPSA) is 58.2 Å². The molecule has 18 heavy (non-hydrogen) atoms. The van der Waals surface area contributed by atoms with Crippen LogP contribution in [0.4, 0.5) is 0 Å². The Morgan fingerprint density at radius 1 is 1.56 bits per heavy atom. The predicted molar refractivity (Wildman–Crippen MR) is 70.6 cm³/mol. The number of nitrogens with one attached hydrogen (secondary N) is 2. The Bertz CT molecular complexity index is 337. The lowest BCUT2D eigenvalue weighted by molar-refractivity contribution is -0.118. The van der Waals surface area contributed by atoms with Crippen LogP contribution in [-0.2, 0) is 9.59 Å². The Morgan fingerprint density at radius 2 is 2.33 bits per heavy atom. The van der Waals surface area contributed by atoms with Crippen LogP contribution in [-0.4, -0.2) is 36.7 Å². The van der Waals surface area contributed by atoms with Gasteiger partial charge in [-0.25, -0.2) is 0 Å². The van der Waals surface area contributed by atoms with Gasteiger partial charge in [0.2, 0.25) is 6.41 Å². The molecule has 2 rings (SSSR count). The third-order valence-electron chi connectivity index (χ3n) is 4.64. The van der Waals surface area contributed by atoms with E-state index in [0.29, 0.717) is 5.92 Å². The van der Waals surface area contributed by atoms with Crippen LogP contribution in [0.5, 0.6) is 0 Å². The molecule has 0 spiro atoms. The molecule has 0 bridgehead atoms. The highest BCUT2D eigenvalue weighted by Crippen LogP contribution is 2.45. The summed E-state index contributed by atoms with van der Waals surface area (Å²) in [5, 5.41) is 6.22. The molecule has 1 heterocycles. The van der Waals surface area contributed by atoms with Crippen LogP contribution in [0.3, 0.4) is 0 Å². The number of amides is 1. The van der Waals surface area contributed by atoms with Crippen molar-refractivity contribution in [1.82, 2.24) is 10.6 Å². The smallest absolute Gasteiger partial charge is 0.207 e. The summed E-state index contributed by atoms with van der Waals surface area (Å²) in [6, 6.07) is 0.157. The van der Waals surface area contributed by atoms with Crippen molar-refractivity contribution in [2.45, 2.75) is 44.7 Å². The maximum atomic E-state index is 11.7. The van der Waals surface area contributed by atoms with E-state index in [1.165, 1.54) is 0 Å². The van der Waals surface area contributed by atoms with Gasteiger partial charge in [0.25, 0.3) is 0 Å². The van der Waals surface area contributed by atoms with E-state index in [9.17, 15) is 9.59 Å². The molecule has 1 saturated heterocycles. The quantitative estimate of drug-likeness (QED) is 0.582. The molecule has 4 unspecified atom stereocenters. The van der Waals surface area contributed by atoms with E-state index >= 15 is 0 Å². The highest BCUT2D eigenvalue weighted by Gasteiger charge is 2.47. The Balaban J connectivity index is 2.03. The molecule has 0 aromatic rings. The number of hydrogen-bond donors (Lipinski definition) is 2. The van der Waals surface area contributed by atoms with Crippen molar-refractivity contribution in [2.24, 2.45) is 11.3 Å². The van der Waals surface area contributed by atoms with Gasteiger partial charge >= 0.3 is 0 Å². The zero-order valence-electron chi connectivity index (χ0n) is 10.7. The fourth-order valence-electron chi connectivity index (χ4n) is 3.65. The first-order chi connectivity index (χ1) is 8.60. The zero-order chi connectivity index (χ0) is 13.2. The van der Waals surface area contributed by atoms with Crippen LogP contribution in [0.15, 0.2) is 0 Å². The van der Waals surface area contributed by atoms with Crippen molar-refractivity contribution in [2.75, 3.05) is 12.4 Å². The van der Waals surface area contributed by atoms with E-state index in [-0.39, 0.29) is 29.2 Å². The molecule has 4 atom stereocenters. The highest BCUT2D eigenvalue weighted by atomic mass is 35.5. The Kier molecular flexibility index (Phi) is 4.28. The minimum atomic E-state index is -0.106. The van der Waals surface area contributed by atoms with Gasteiger partial charge in [0.05, 0.1) is 11.9 Å². The fraction of sp³-hybridized carbons (Fsp3) is 0.846. The second-order valence-electron chi connectivity index (χ2n) is 5.82. The molecule has 1 aliphatic heterocycles. The minimum absolute atomic E-state index is 0.0778. The van der Waals surface area contributed by atoms with Crippen molar-refractivity contribution >= 4 is 23.8 Å². The summed E-state index contributed by atoms with van der Waals surface area (Å²) in [4.78, 5) is 22.3. The van der Waals surface area contributed by atoms with Crippen molar-refractivity contribution < 1.29 is 9.59 Å². The van der Waals surface area contributed by atoms with Crippen LogP contribution < -0.4 is 10.6 Å². The summed E-state index contributed by atoms with van der Waals surface area (Å²) in [5.74, 6) is 0.621. The molecule has 2 fully saturated rings. The third kappa shape index (κ3) is 2.54. The summed E-state index contributed by atoms with van der Waals surface area (Å²) in [6.45, 7) is 3.05. The number of ketones is 1. The van der Waals surface area contributed by atoms with Gasteiger partial charge in [-0.1, -0.05) is 13.3 Å². The molecule has 2 aliphatic rings. The lowest BCUT2D eigenvalue weighted by Crippen LogP contribution is -2.41. The summed E-state index contributed by atoms with van der Waals surface area (Å²) < 4.78 is 0. The van der Waals surface area contributed by atoms with E-state index in [1.807, 2.05) is 0 Å². The van der Waals surface area contributed by atoms with Crippen LogP contribution in [0, 0.1) is 11.3 Å². The predicted octanol–water partition coefficient (Wildman–Crippen LogP) is 1.08. The van der Waals surface area contributed by atoms with Crippen LogP contribution in [0.25, 0.3) is 0 Å². The third-order valence-corrected chi connectivity index (χ3v) is 4.90. The molecule has 5 heteroatoms. The molecule has 4 nitrogen and oxygen atoms in total. The Morgan fingerprint density at radius 3 is 3.00 bits per heavy atom. The van der Waals surface area contributed by atoms with Crippen molar-refractivity contribution in [3.05, 3.63) is 0 Å². The fourth-order valence-corrected chi connectivity index (χ4v) is 3.84. The molecular formula is C13H21ClN2O2. The van der Waals surface area contributed by atoms with Gasteiger partial charge < -0.3 is 10.6 Å². The second-order valence-corrected chi connectivity index (χ2v) is 6.09. The largest absolute Gasteiger partial charge is 0.356 e. The van der Waals surface area contributed by atoms with Crippen LogP contribution in [0.1, 0.15) is 32.6 Å². The highest BCUT2D eigenvalue weighted by molar-refractivity contribution is 6.28. The first kappa shape index (κ1) is 13.8. The van der Waals surface area contributed by atoms with Gasteiger partial charge in [0, 0.05) is 12.6 Å². The number of halogens is 1. The lowest BCUT2D eigenvalue weighted by atomic mass is 9.72. The molecule has 2 N–H and O–H groups in total. The molecule has 1 amide bonds. The summed E-state index contributed by atoms with van der Waals surface area (Å²) in [5.41, 5.74) is 0.0869. The number of alkyl halides is 1. The molecule has 1 aliphatic carbocycles. The molecule has 0 radical (unpaired) electrons. The first-order valence-electron chi connectivity index (χ1n) is 6.62. The van der Waals surface area contributed by atoms with E-state index in [2.05, 4.69) is 17.6 Å². The SMILES string of the molecule is CC1(C2CCCC2NC=O)CNC(C(=O)CCl)C1. The number of Topliss-reactive ketones (excluding diaryl/α,β-unsaturated/α-hetero) is 1. The van der Waals surface area contributed by atoms with E-state index in [0.717, 1.165) is 38.6 Å². The zero-order valence-corrected chi connectivity index (χ0v) is 11.5. The molecule has 102 valence electrons. The molecule has 1 saturated carbocycles. The summed E-state index contributed by atoms with van der Waals surface area (Å²) in [6.07, 6.45) is 4.97. The summed E-state index contributed by atoms with van der Waals surface area (Å²) in [7, 11) is 0. The average molecular weight is 273 g/mol. The maximum Gasteiger partial charge on any atom is 0.207 e. The van der Waals surface area contributed by atoms with E-state index in [4.69, 9.17) is 11.6 Å². The molecular weight excluding hydrogens is 252 g/mol. The van der Waals surface area contributed by atoms with Crippen LogP contribution >= 0.6 is 11.6 Å². The Hall–Kier alpha value is -0.610. The van der Waals surface area contributed by atoms with Gasteiger partial charge in [-0.05, 0) is 30.6 Å². The van der Waals surface area contributed by atoms with Crippen LogP contribution in [0.2, 0.25) is 0 Å². The number of carbonyl (C=O) groups excluding carboxylic acids is 2. The first-order valence-corrected chi connectivity index (χ1v) is 7.16. The maximum absolute atomic E-state index is 11.7. The standard InChI is InChI=1S/C13H21ClN2O2/c1-13(5-11(15-7-13)12(18)6-14)9-3-2-4-10(9)16-8-17/h8-11,15H,2-7H2,1H3,(H,16,17). The van der Waals surface area contributed by atoms with Crippen molar-refractivity contribution in [3.63, 3.8) is 0 Å². The second kappa shape index (κ2) is 5.57. The Labute approximate surface area is 113 Å². The lowest BCUT2D eigenvalue weighted by Gasteiger charge is -2.34. The average Bonchev–Trinajstić information content (AvgIpc) is 2.96. The van der Waals surface area contributed by atoms with Gasteiger partial charge in [-0.15, -0.1) is 11.6 Å². The number of hydrogen-bond acceptors (Lipinski definition) is 3. The van der Waals surface area contributed by atoms with Gasteiger partial charge in [-0.3, -0.25) is 9.59 Å². The number of rotatable bonds is 5.